The highest BCUT2D eigenvalue weighted by Gasteiger charge is 2.64. The molecule has 1 aliphatic carbocycles. The van der Waals surface area contributed by atoms with Crippen molar-refractivity contribution in [2.45, 2.75) is 37.6 Å². The number of hydrogen-bond donors (Lipinski definition) is 1. The van der Waals surface area contributed by atoms with E-state index in [9.17, 15) is 4.79 Å². The molecule has 2 bridgehead atoms. The monoisotopic (exact) mass is 324 g/mol. The standard InChI is InChI=1S/C20H24N2O2/c1-3-12-13-8-10-22-11-9-20(18(12)22)14-6-4-5-7-15(14)21-17(20)16(13)19(23)24-2/h4-7,12-13,18,21H,3,8-11H2,1-2H3/t12-,13-,18-,20+/m1/s1. The summed E-state index contributed by atoms with van der Waals surface area (Å²) in [6.07, 6.45) is 3.28. The number of fused-ring (bicyclic) bond motifs is 2. The van der Waals surface area contributed by atoms with Crippen LogP contribution in [-0.2, 0) is 14.9 Å². The van der Waals surface area contributed by atoms with Crippen LogP contribution >= 0.6 is 0 Å². The van der Waals surface area contributed by atoms with Crippen molar-refractivity contribution < 1.29 is 9.53 Å². The summed E-state index contributed by atoms with van der Waals surface area (Å²) in [5, 5.41) is 3.65. The number of benzene rings is 1. The maximum Gasteiger partial charge on any atom is 0.335 e. The lowest BCUT2D eigenvalue weighted by molar-refractivity contribution is -0.138. The molecule has 0 amide bonds. The molecule has 2 saturated heterocycles. The lowest BCUT2D eigenvalue weighted by atomic mass is 9.57. The van der Waals surface area contributed by atoms with Crippen LogP contribution in [0.5, 0.6) is 0 Å². The predicted molar refractivity (Wildman–Crippen MR) is 92.7 cm³/mol. The number of ether oxygens (including phenoxy) is 1. The van der Waals surface area contributed by atoms with Gasteiger partial charge in [-0.2, -0.15) is 0 Å². The number of carbonyl (C=O) groups excluding carboxylic acids is 1. The Bertz CT molecular complexity index is 756. The second-order valence-electron chi connectivity index (χ2n) is 7.62. The molecule has 4 nitrogen and oxygen atoms in total. The van der Waals surface area contributed by atoms with Crippen LogP contribution in [0.1, 0.15) is 31.7 Å². The Morgan fingerprint density at radius 2 is 2.21 bits per heavy atom. The highest BCUT2D eigenvalue weighted by Crippen LogP contribution is 2.62. The number of piperidine rings is 1. The van der Waals surface area contributed by atoms with Gasteiger partial charge in [-0.15, -0.1) is 0 Å². The first-order chi connectivity index (χ1) is 11.7. The van der Waals surface area contributed by atoms with Crippen molar-refractivity contribution in [1.82, 2.24) is 4.90 Å². The van der Waals surface area contributed by atoms with Gasteiger partial charge < -0.3 is 10.1 Å². The molecule has 5 rings (SSSR count). The van der Waals surface area contributed by atoms with E-state index in [4.69, 9.17) is 4.74 Å². The molecule has 1 aromatic rings. The quantitative estimate of drug-likeness (QED) is 0.850. The molecule has 1 N–H and O–H groups in total. The van der Waals surface area contributed by atoms with Gasteiger partial charge in [-0.05, 0) is 49.4 Å². The van der Waals surface area contributed by atoms with E-state index in [1.165, 1.54) is 18.4 Å². The summed E-state index contributed by atoms with van der Waals surface area (Å²) in [7, 11) is 1.52. The molecular weight excluding hydrogens is 300 g/mol. The number of rotatable bonds is 2. The smallest absolute Gasteiger partial charge is 0.335 e. The van der Waals surface area contributed by atoms with Gasteiger partial charge in [0, 0.05) is 17.4 Å². The van der Waals surface area contributed by atoms with Gasteiger partial charge >= 0.3 is 5.97 Å². The van der Waals surface area contributed by atoms with Gasteiger partial charge in [-0.25, -0.2) is 4.79 Å². The van der Waals surface area contributed by atoms with E-state index < -0.39 is 0 Å². The lowest BCUT2D eigenvalue weighted by Gasteiger charge is -2.52. The minimum absolute atomic E-state index is 0.0439. The van der Waals surface area contributed by atoms with E-state index in [1.54, 1.807) is 0 Å². The van der Waals surface area contributed by atoms with E-state index >= 15 is 0 Å². The molecule has 0 unspecified atom stereocenters. The second-order valence-corrected chi connectivity index (χ2v) is 7.62. The Morgan fingerprint density at radius 3 is 3.00 bits per heavy atom. The van der Waals surface area contributed by atoms with Crippen molar-refractivity contribution in [3.05, 3.63) is 41.1 Å². The summed E-state index contributed by atoms with van der Waals surface area (Å²) >= 11 is 0. The average Bonchev–Trinajstić information content (AvgIpc) is 3.17. The van der Waals surface area contributed by atoms with Gasteiger partial charge in [0.1, 0.15) is 0 Å². The molecule has 0 aromatic heterocycles. The molecule has 4 heteroatoms. The van der Waals surface area contributed by atoms with Crippen LogP contribution in [-0.4, -0.2) is 37.1 Å². The maximum absolute atomic E-state index is 12.8. The van der Waals surface area contributed by atoms with E-state index in [0.29, 0.717) is 17.9 Å². The molecule has 4 atom stereocenters. The third-order valence-electron chi connectivity index (χ3n) is 6.97. The summed E-state index contributed by atoms with van der Waals surface area (Å²) in [6, 6.07) is 9.14. The van der Waals surface area contributed by atoms with Crippen molar-refractivity contribution in [1.29, 1.82) is 0 Å². The first kappa shape index (κ1) is 14.5. The number of nitrogens with zero attached hydrogens (tertiary/aromatic N) is 1. The minimum atomic E-state index is -0.132. The fourth-order valence-corrected chi connectivity index (χ4v) is 6.20. The van der Waals surface area contributed by atoms with Crippen LogP contribution in [0.2, 0.25) is 0 Å². The van der Waals surface area contributed by atoms with Crippen molar-refractivity contribution in [2.24, 2.45) is 11.8 Å². The molecular formula is C20H24N2O2. The number of esters is 1. The largest absolute Gasteiger partial charge is 0.466 e. The zero-order valence-electron chi connectivity index (χ0n) is 14.3. The number of para-hydroxylation sites is 1. The third-order valence-corrected chi connectivity index (χ3v) is 6.97. The van der Waals surface area contributed by atoms with Gasteiger partial charge in [0.15, 0.2) is 0 Å². The lowest BCUT2D eigenvalue weighted by Crippen LogP contribution is -2.58. The number of carbonyl (C=O) groups is 1. The van der Waals surface area contributed by atoms with Crippen LogP contribution in [0, 0.1) is 11.8 Å². The zero-order valence-corrected chi connectivity index (χ0v) is 14.3. The third kappa shape index (κ3) is 1.51. The van der Waals surface area contributed by atoms with Crippen LogP contribution in [0.4, 0.5) is 5.69 Å². The first-order valence-electron chi connectivity index (χ1n) is 9.16. The van der Waals surface area contributed by atoms with Crippen LogP contribution < -0.4 is 5.32 Å². The van der Waals surface area contributed by atoms with E-state index in [1.807, 2.05) is 0 Å². The SMILES string of the molecule is CC[C@@H]1[C@H]2CCN3CC[C@]4(C(=C2C(=O)OC)Nc2ccccc24)[C@@H]13. The maximum atomic E-state index is 12.8. The molecule has 3 aliphatic heterocycles. The summed E-state index contributed by atoms with van der Waals surface area (Å²) in [6.45, 7) is 4.51. The molecule has 1 spiro atoms. The predicted octanol–water partition coefficient (Wildman–Crippen LogP) is 2.91. The summed E-state index contributed by atoms with van der Waals surface area (Å²) in [4.78, 5) is 15.4. The van der Waals surface area contributed by atoms with Crippen molar-refractivity contribution in [3.8, 4) is 0 Å². The van der Waals surface area contributed by atoms with Gasteiger partial charge in [-0.3, -0.25) is 4.90 Å². The topological polar surface area (TPSA) is 41.6 Å². The van der Waals surface area contributed by atoms with Gasteiger partial charge in [0.2, 0.25) is 0 Å². The van der Waals surface area contributed by atoms with Crippen LogP contribution in [0.3, 0.4) is 0 Å². The summed E-state index contributed by atoms with van der Waals surface area (Å²) in [5.41, 5.74) is 4.60. The first-order valence-corrected chi connectivity index (χ1v) is 9.16. The average molecular weight is 324 g/mol. The molecule has 24 heavy (non-hydrogen) atoms. The molecule has 4 aliphatic rings. The fraction of sp³-hybridized carbons (Fsp3) is 0.550. The van der Waals surface area contributed by atoms with E-state index in [2.05, 4.69) is 41.4 Å². The van der Waals surface area contributed by atoms with Gasteiger partial charge in [0.25, 0.3) is 0 Å². The van der Waals surface area contributed by atoms with Crippen LogP contribution in [0.15, 0.2) is 35.5 Å². The molecule has 0 saturated carbocycles. The summed E-state index contributed by atoms with van der Waals surface area (Å²) in [5.74, 6) is 0.728. The number of hydrogen-bond acceptors (Lipinski definition) is 4. The second kappa shape index (κ2) is 4.85. The Kier molecular flexibility index (Phi) is 2.94. The Labute approximate surface area is 142 Å². The number of nitrogens with one attached hydrogen (secondary N) is 1. The van der Waals surface area contributed by atoms with Crippen molar-refractivity contribution in [2.75, 3.05) is 25.5 Å². The van der Waals surface area contributed by atoms with Gasteiger partial charge in [0.05, 0.1) is 18.1 Å². The normalized spacial score (nSPS) is 36.2. The molecule has 3 heterocycles. The van der Waals surface area contributed by atoms with Gasteiger partial charge in [-0.1, -0.05) is 31.5 Å². The highest BCUT2D eigenvalue weighted by atomic mass is 16.5. The number of anilines is 1. The molecule has 126 valence electrons. The highest BCUT2D eigenvalue weighted by molar-refractivity contribution is 5.93. The zero-order chi connectivity index (χ0) is 16.5. The Morgan fingerprint density at radius 1 is 1.38 bits per heavy atom. The Hall–Kier alpha value is -1.81. The molecule has 1 aromatic carbocycles. The van der Waals surface area contributed by atoms with Crippen LogP contribution in [0.25, 0.3) is 0 Å². The van der Waals surface area contributed by atoms with Crippen molar-refractivity contribution >= 4 is 11.7 Å². The fourth-order valence-electron chi connectivity index (χ4n) is 6.20. The summed E-state index contributed by atoms with van der Waals surface area (Å²) < 4.78 is 5.23. The van der Waals surface area contributed by atoms with Crippen molar-refractivity contribution in [3.63, 3.8) is 0 Å². The molecule has 0 radical (unpaired) electrons. The molecule has 2 fully saturated rings. The Balaban J connectivity index is 1.83. The minimum Gasteiger partial charge on any atom is -0.466 e. The van der Waals surface area contributed by atoms with E-state index in [0.717, 1.165) is 43.6 Å². The number of methoxy groups -OCH3 is 1. The van der Waals surface area contributed by atoms with E-state index in [-0.39, 0.29) is 11.4 Å².